The molecule has 0 aliphatic rings. The zero-order valence-electron chi connectivity index (χ0n) is 13.3. The first-order valence-electron chi connectivity index (χ1n) is 7.42. The Balaban J connectivity index is 2.73. The van der Waals surface area contributed by atoms with Crippen LogP contribution < -0.4 is 5.32 Å². The number of hydrogen-bond donors (Lipinski definition) is 1. The minimum atomic E-state index is -0.420. The van der Waals surface area contributed by atoms with Gasteiger partial charge in [0.25, 0.3) is 5.69 Å². The van der Waals surface area contributed by atoms with Crippen molar-refractivity contribution >= 4 is 17.3 Å². The van der Waals surface area contributed by atoms with Crippen molar-refractivity contribution in [3.63, 3.8) is 0 Å². The van der Waals surface area contributed by atoms with Crippen molar-refractivity contribution in [2.45, 2.75) is 53.0 Å². The minimum absolute atomic E-state index is 0.0419. The Morgan fingerprint density at radius 2 is 2.05 bits per heavy atom. The lowest BCUT2D eigenvalue weighted by molar-refractivity contribution is -0.384. The van der Waals surface area contributed by atoms with Gasteiger partial charge in [0, 0.05) is 18.2 Å². The normalized spacial score (nSPS) is 13.2. The SMILES string of the molecule is CCCNC(CCc1ccc([N+](=O)[O-])cc1Cl)C(C)(C)C. The molecule has 1 N–H and O–H groups in total. The number of non-ortho nitro benzene ring substituents is 1. The van der Waals surface area contributed by atoms with E-state index in [0.717, 1.165) is 31.4 Å². The second kappa shape index (κ2) is 7.76. The van der Waals surface area contributed by atoms with Crippen molar-refractivity contribution in [2.75, 3.05) is 6.54 Å². The van der Waals surface area contributed by atoms with Gasteiger partial charge in [-0.2, -0.15) is 0 Å². The summed E-state index contributed by atoms with van der Waals surface area (Å²) in [7, 11) is 0. The summed E-state index contributed by atoms with van der Waals surface area (Å²) in [4.78, 5) is 10.3. The summed E-state index contributed by atoms with van der Waals surface area (Å²) >= 11 is 6.15. The number of rotatable bonds is 7. The van der Waals surface area contributed by atoms with E-state index in [1.165, 1.54) is 12.1 Å². The van der Waals surface area contributed by atoms with Crippen LogP contribution in [0.15, 0.2) is 18.2 Å². The van der Waals surface area contributed by atoms with E-state index in [9.17, 15) is 10.1 Å². The molecule has 1 aromatic carbocycles. The van der Waals surface area contributed by atoms with Crippen LogP contribution in [0.3, 0.4) is 0 Å². The van der Waals surface area contributed by atoms with Crippen LogP contribution in [-0.2, 0) is 6.42 Å². The summed E-state index contributed by atoms with van der Waals surface area (Å²) in [6.07, 6.45) is 2.88. The summed E-state index contributed by atoms with van der Waals surface area (Å²) in [6, 6.07) is 5.11. The van der Waals surface area contributed by atoms with Crippen LogP contribution in [0.4, 0.5) is 5.69 Å². The molecule has 1 atom stereocenters. The quantitative estimate of drug-likeness (QED) is 0.591. The van der Waals surface area contributed by atoms with Crippen LogP contribution in [0, 0.1) is 15.5 Å². The molecule has 1 aromatic rings. The van der Waals surface area contributed by atoms with E-state index in [2.05, 4.69) is 33.0 Å². The van der Waals surface area contributed by atoms with Crippen molar-refractivity contribution < 1.29 is 4.92 Å². The summed E-state index contributed by atoms with van der Waals surface area (Å²) in [6.45, 7) is 9.81. The number of hydrogen-bond acceptors (Lipinski definition) is 3. The van der Waals surface area contributed by atoms with Crippen molar-refractivity contribution in [2.24, 2.45) is 5.41 Å². The lowest BCUT2D eigenvalue weighted by Gasteiger charge is -2.32. The fourth-order valence-electron chi connectivity index (χ4n) is 2.31. The summed E-state index contributed by atoms with van der Waals surface area (Å²) in [5.74, 6) is 0. The van der Waals surface area contributed by atoms with E-state index in [-0.39, 0.29) is 11.1 Å². The number of benzene rings is 1. The van der Waals surface area contributed by atoms with E-state index >= 15 is 0 Å². The predicted molar refractivity (Wildman–Crippen MR) is 88.0 cm³/mol. The molecule has 118 valence electrons. The van der Waals surface area contributed by atoms with E-state index in [4.69, 9.17) is 11.6 Å². The highest BCUT2D eigenvalue weighted by atomic mass is 35.5. The second-order valence-corrected chi connectivity index (χ2v) is 6.85. The molecule has 0 saturated carbocycles. The van der Waals surface area contributed by atoms with E-state index in [0.29, 0.717) is 11.1 Å². The van der Waals surface area contributed by atoms with Gasteiger partial charge in [0.05, 0.1) is 9.95 Å². The number of nitro groups is 1. The zero-order valence-corrected chi connectivity index (χ0v) is 14.0. The first-order valence-corrected chi connectivity index (χ1v) is 7.79. The molecule has 1 unspecified atom stereocenters. The molecule has 0 saturated heterocycles. The monoisotopic (exact) mass is 312 g/mol. The van der Waals surface area contributed by atoms with Gasteiger partial charge in [-0.3, -0.25) is 10.1 Å². The summed E-state index contributed by atoms with van der Waals surface area (Å²) in [5, 5.41) is 14.8. The van der Waals surface area contributed by atoms with Crippen LogP contribution >= 0.6 is 11.6 Å². The largest absolute Gasteiger partial charge is 0.313 e. The topological polar surface area (TPSA) is 55.2 Å². The third-order valence-electron chi connectivity index (χ3n) is 3.64. The maximum absolute atomic E-state index is 10.7. The van der Waals surface area contributed by atoms with Crippen molar-refractivity contribution in [3.8, 4) is 0 Å². The van der Waals surface area contributed by atoms with Crippen molar-refractivity contribution in [1.82, 2.24) is 5.32 Å². The maximum Gasteiger partial charge on any atom is 0.270 e. The van der Waals surface area contributed by atoms with Gasteiger partial charge in [-0.25, -0.2) is 0 Å². The zero-order chi connectivity index (χ0) is 16.0. The number of nitrogens with zero attached hydrogens (tertiary/aromatic N) is 1. The lowest BCUT2D eigenvalue weighted by Crippen LogP contribution is -2.41. The Labute approximate surface area is 132 Å². The van der Waals surface area contributed by atoms with Gasteiger partial charge in [0.1, 0.15) is 0 Å². The highest BCUT2D eigenvalue weighted by molar-refractivity contribution is 6.31. The van der Waals surface area contributed by atoms with Gasteiger partial charge < -0.3 is 5.32 Å². The van der Waals surface area contributed by atoms with E-state index in [1.807, 2.05) is 0 Å². The molecule has 4 nitrogen and oxygen atoms in total. The molecule has 0 spiro atoms. The van der Waals surface area contributed by atoms with Crippen LogP contribution in [0.5, 0.6) is 0 Å². The molecular weight excluding hydrogens is 288 g/mol. The van der Waals surface area contributed by atoms with Crippen LogP contribution in [0.2, 0.25) is 5.02 Å². The molecule has 0 aliphatic carbocycles. The Morgan fingerprint density at radius 3 is 2.52 bits per heavy atom. The predicted octanol–water partition coefficient (Wildman–Crippen LogP) is 4.60. The molecule has 0 bridgehead atoms. The number of aryl methyl sites for hydroxylation is 1. The molecule has 0 aliphatic heterocycles. The minimum Gasteiger partial charge on any atom is -0.313 e. The summed E-state index contributed by atoms with van der Waals surface area (Å²) < 4.78 is 0. The number of nitro benzene ring substituents is 1. The van der Waals surface area contributed by atoms with Crippen molar-refractivity contribution in [3.05, 3.63) is 38.9 Å². The molecule has 0 aromatic heterocycles. The molecule has 0 radical (unpaired) electrons. The van der Waals surface area contributed by atoms with E-state index in [1.54, 1.807) is 6.07 Å². The lowest BCUT2D eigenvalue weighted by atomic mass is 9.83. The van der Waals surface area contributed by atoms with Gasteiger partial charge in [0.2, 0.25) is 0 Å². The number of nitrogens with one attached hydrogen (secondary N) is 1. The second-order valence-electron chi connectivity index (χ2n) is 6.44. The number of halogens is 1. The average Bonchev–Trinajstić information content (AvgIpc) is 2.38. The standard InChI is InChI=1S/C16H25ClN2O2/c1-5-10-18-15(16(2,3)4)9-7-12-6-8-13(19(20)21)11-14(12)17/h6,8,11,15,18H,5,7,9-10H2,1-4H3. The summed E-state index contributed by atoms with van der Waals surface area (Å²) in [5.41, 5.74) is 1.18. The fraction of sp³-hybridized carbons (Fsp3) is 0.625. The van der Waals surface area contributed by atoms with E-state index < -0.39 is 4.92 Å². The molecule has 21 heavy (non-hydrogen) atoms. The molecule has 0 heterocycles. The highest BCUT2D eigenvalue weighted by Crippen LogP contribution is 2.27. The first-order chi connectivity index (χ1) is 9.75. The molecule has 0 fully saturated rings. The Morgan fingerprint density at radius 1 is 1.38 bits per heavy atom. The van der Waals surface area contributed by atoms with Crippen LogP contribution in [-0.4, -0.2) is 17.5 Å². The molecule has 1 rings (SSSR count). The first kappa shape index (κ1) is 17.9. The van der Waals surface area contributed by atoms with Gasteiger partial charge in [-0.15, -0.1) is 0 Å². The molecular formula is C16H25ClN2O2. The fourth-order valence-corrected chi connectivity index (χ4v) is 2.58. The van der Waals surface area contributed by atoms with Gasteiger partial charge in [-0.05, 0) is 36.8 Å². The van der Waals surface area contributed by atoms with Gasteiger partial charge in [0.15, 0.2) is 0 Å². The van der Waals surface area contributed by atoms with Crippen molar-refractivity contribution in [1.29, 1.82) is 0 Å². The third-order valence-corrected chi connectivity index (χ3v) is 3.99. The highest BCUT2D eigenvalue weighted by Gasteiger charge is 2.23. The Hall–Kier alpha value is -1.13. The Kier molecular flexibility index (Phi) is 6.62. The molecule has 5 heteroatoms. The average molecular weight is 313 g/mol. The maximum atomic E-state index is 10.7. The van der Waals surface area contributed by atoms with Crippen LogP contribution in [0.1, 0.15) is 46.1 Å². The Bertz CT molecular complexity index is 484. The van der Waals surface area contributed by atoms with Gasteiger partial charge >= 0.3 is 0 Å². The van der Waals surface area contributed by atoms with Gasteiger partial charge in [-0.1, -0.05) is 45.4 Å². The third kappa shape index (κ3) is 5.64. The smallest absolute Gasteiger partial charge is 0.270 e. The van der Waals surface area contributed by atoms with Crippen LogP contribution in [0.25, 0.3) is 0 Å². The molecule has 0 amide bonds.